The van der Waals surface area contributed by atoms with Crippen LogP contribution in [0.5, 0.6) is 0 Å². The van der Waals surface area contributed by atoms with Crippen LogP contribution in [0, 0.1) is 0 Å². The summed E-state index contributed by atoms with van der Waals surface area (Å²) in [6.07, 6.45) is 3.39. The Kier molecular flexibility index (Phi) is 9.24. The van der Waals surface area contributed by atoms with Crippen LogP contribution >= 0.6 is 24.0 Å². The first kappa shape index (κ1) is 20.0. The van der Waals surface area contributed by atoms with Gasteiger partial charge in [0.25, 0.3) is 0 Å². The van der Waals surface area contributed by atoms with Gasteiger partial charge >= 0.3 is 0 Å². The van der Waals surface area contributed by atoms with Crippen LogP contribution in [0.2, 0.25) is 0 Å². The van der Waals surface area contributed by atoms with Crippen molar-refractivity contribution in [3.05, 3.63) is 42.0 Å². The molecule has 23 heavy (non-hydrogen) atoms. The van der Waals surface area contributed by atoms with E-state index in [2.05, 4.69) is 70.5 Å². The number of hydrogen-bond donors (Lipinski definition) is 1. The van der Waals surface area contributed by atoms with Gasteiger partial charge in [0.2, 0.25) is 0 Å². The van der Waals surface area contributed by atoms with Crippen molar-refractivity contribution in [2.45, 2.75) is 13.3 Å². The number of nitrogens with one attached hydrogen (secondary N) is 1. The number of likely N-dealkylation sites (N-methyl/N-ethyl adjacent to an activating group) is 1. The summed E-state index contributed by atoms with van der Waals surface area (Å²) in [5.41, 5.74) is 2.78. The summed E-state index contributed by atoms with van der Waals surface area (Å²) in [5, 5.41) is 3.46. The molecule has 128 valence electrons. The number of guanidine groups is 1. The minimum Gasteiger partial charge on any atom is -0.355 e. The van der Waals surface area contributed by atoms with Crippen LogP contribution in [0.1, 0.15) is 18.9 Å². The molecule has 2 rings (SSSR count). The van der Waals surface area contributed by atoms with Gasteiger partial charge in [0, 0.05) is 33.2 Å². The Bertz CT molecular complexity index is 513. The van der Waals surface area contributed by atoms with Gasteiger partial charge < -0.3 is 15.1 Å². The van der Waals surface area contributed by atoms with Crippen molar-refractivity contribution in [3.63, 3.8) is 0 Å². The molecule has 0 bridgehead atoms. The summed E-state index contributed by atoms with van der Waals surface area (Å²) in [5.74, 6) is 1.01. The van der Waals surface area contributed by atoms with Crippen LogP contribution in [-0.2, 0) is 0 Å². The zero-order chi connectivity index (χ0) is 15.8. The molecule has 0 fully saturated rings. The van der Waals surface area contributed by atoms with Gasteiger partial charge in [-0.05, 0) is 31.1 Å². The predicted octanol–water partition coefficient (Wildman–Crippen LogP) is 2.92. The van der Waals surface area contributed by atoms with Gasteiger partial charge in [-0.25, -0.2) is 0 Å². The molecule has 0 atom stereocenters. The number of hydrogen-bond acceptors (Lipinski definition) is 2. The maximum atomic E-state index is 4.42. The minimum absolute atomic E-state index is 0. The van der Waals surface area contributed by atoms with Gasteiger partial charge in [0.15, 0.2) is 5.96 Å². The van der Waals surface area contributed by atoms with Crippen molar-refractivity contribution in [3.8, 4) is 0 Å². The van der Waals surface area contributed by atoms with Gasteiger partial charge in [0.1, 0.15) is 0 Å². The minimum atomic E-state index is 0. The summed E-state index contributed by atoms with van der Waals surface area (Å²) in [4.78, 5) is 9.03. The summed E-state index contributed by atoms with van der Waals surface area (Å²) in [6, 6.07) is 10.7. The van der Waals surface area contributed by atoms with Gasteiger partial charge in [-0.2, -0.15) is 0 Å². The average Bonchev–Trinajstić information content (AvgIpc) is 2.59. The second-order valence-electron chi connectivity index (χ2n) is 5.66. The molecular formula is C18H29IN4. The molecule has 1 aliphatic heterocycles. The van der Waals surface area contributed by atoms with Gasteiger partial charge in [0.05, 0.1) is 0 Å². The Labute approximate surface area is 157 Å². The zero-order valence-corrected chi connectivity index (χ0v) is 16.8. The summed E-state index contributed by atoms with van der Waals surface area (Å²) in [6.45, 7) is 7.16. The fourth-order valence-corrected chi connectivity index (χ4v) is 2.62. The van der Waals surface area contributed by atoms with Gasteiger partial charge in [-0.3, -0.25) is 4.99 Å². The SMILES string of the molecule is CCN(C)CCNC(=NC)N1CC=C(c2ccccc2)CC1.I. The Morgan fingerprint density at radius 2 is 2.04 bits per heavy atom. The summed E-state index contributed by atoms with van der Waals surface area (Å²) in [7, 11) is 4.00. The molecule has 1 aromatic carbocycles. The molecule has 0 amide bonds. The van der Waals surface area contributed by atoms with E-state index in [0.717, 1.165) is 45.1 Å². The van der Waals surface area contributed by atoms with E-state index in [-0.39, 0.29) is 24.0 Å². The lowest BCUT2D eigenvalue weighted by Gasteiger charge is -2.30. The largest absolute Gasteiger partial charge is 0.355 e. The first-order valence-corrected chi connectivity index (χ1v) is 8.13. The number of nitrogens with zero attached hydrogens (tertiary/aromatic N) is 3. The molecule has 0 radical (unpaired) electrons. The lowest BCUT2D eigenvalue weighted by molar-refractivity contribution is 0.352. The summed E-state index contributed by atoms with van der Waals surface area (Å²) >= 11 is 0. The van der Waals surface area contributed by atoms with Crippen molar-refractivity contribution in [2.24, 2.45) is 4.99 Å². The highest BCUT2D eigenvalue weighted by atomic mass is 127. The molecule has 1 N–H and O–H groups in total. The molecule has 1 heterocycles. The highest BCUT2D eigenvalue weighted by molar-refractivity contribution is 14.0. The molecule has 5 heteroatoms. The van der Waals surface area contributed by atoms with Crippen molar-refractivity contribution in [1.82, 2.24) is 15.1 Å². The van der Waals surface area contributed by atoms with Crippen LogP contribution in [0.4, 0.5) is 0 Å². The standard InChI is InChI=1S/C18H28N4.HI/c1-4-21(3)15-12-20-18(19-2)22-13-10-17(11-14-22)16-8-6-5-7-9-16;/h5-10H,4,11-15H2,1-3H3,(H,19,20);1H. The quantitative estimate of drug-likeness (QED) is 0.445. The van der Waals surface area contributed by atoms with E-state index in [9.17, 15) is 0 Å². The number of benzene rings is 1. The molecule has 4 nitrogen and oxygen atoms in total. The lowest BCUT2D eigenvalue weighted by atomic mass is 10.00. The van der Waals surface area contributed by atoms with E-state index in [1.807, 2.05) is 7.05 Å². The highest BCUT2D eigenvalue weighted by Gasteiger charge is 2.15. The van der Waals surface area contributed by atoms with E-state index in [1.54, 1.807) is 0 Å². The summed E-state index contributed by atoms with van der Waals surface area (Å²) < 4.78 is 0. The van der Waals surface area contributed by atoms with E-state index in [0.29, 0.717) is 0 Å². The number of halogens is 1. The zero-order valence-electron chi connectivity index (χ0n) is 14.5. The number of rotatable bonds is 5. The lowest BCUT2D eigenvalue weighted by Crippen LogP contribution is -2.45. The third-order valence-electron chi connectivity index (χ3n) is 4.18. The maximum absolute atomic E-state index is 4.42. The topological polar surface area (TPSA) is 30.9 Å². The van der Waals surface area contributed by atoms with Crippen molar-refractivity contribution in [1.29, 1.82) is 0 Å². The molecular weight excluding hydrogens is 399 g/mol. The van der Waals surface area contributed by atoms with E-state index in [4.69, 9.17) is 0 Å². The molecule has 0 saturated carbocycles. The van der Waals surface area contributed by atoms with Crippen molar-refractivity contribution in [2.75, 3.05) is 46.8 Å². The third kappa shape index (κ3) is 6.14. The molecule has 0 unspecified atom stereocenters. The van der Waals surface area contributed by atoms with Gasteiger partial charge in [-0.15, -0.1) is 24.0 Å². The highest BCUT2D eigenvalue weighted by Crippen LogP contribution is 2.21. The Morgan fingerprint density at radius 3 is 2.61 bits per heavy atom. The first-order valence-electron chi connectivity index (χ1n) is 8.13. The predicted molar refractivity (Wildman–Crippen MR) is 111 cm³/mol. The Morgan fingerprint density at radius 1 is 1.30 bits per heavy atom. The van der Waals surface area contributed by atoms with Gasteiger partial charge in [-0.1, -0.05) is 43.3 Å². The van der Waals surface area contributed by atoms with Crippen LogP contribution in [-0.4, -0.2) is 62.6 Å². The van der Waals surface area contributed by atoms with Crippen LogP contribution in [0.15, 0.2) is 41.4 Å². The molecule has 0 aromatic heterocycles. The monoisotopic (exact) mass is 428 g/mol. The van der Waals surface area contributed by atoms with Crippen LogP contribution in [0.3, 0.4) is 0 Å². The number of aliphatic imine (C=N–C) groups is 1. The molecule has 1 aromatic rings. The molecule has 0 aliphatic carbocycles. The van der Waals surface area contributed by atoms with Crippen LogP contribution < -0.4 is 5.32 Å². The van der Waals surface area contributed by atoms with E-state index < -0.39 is 0 Å². The van der Waals surface area contributed by atoms with Crippen molar-refractivity contribution < 1.29 is 0 Å². The fraction of sp³-hybridized carbons (Fsp3) is 0.500. The fourth-order valence-electron chi connectivity index (χ4n) is 2.62. The Balaban J connectivity index is 0.00000264. The third-order valence-corrected chi connectivity index (χ3v) is 4.18. The second kappa shape index (κ2) is 10.6. The van der Waals surface area contributed by atoms with E-state index >= 15 is 0 Å². The average molecular weight is 428 g/mol. The molecule has 1 aliphatic rings. The smallest absolute Gasteiger partial charge is 0.193 e. The maximum Gasteiger partial charge on any atom is 0.193 e. The molecule has 0 spiro atoms. The van der Waals surface area contributed by atoms with Crippen molar-refractivity contribution >= 4 is 35.5 Å². The normalized spacial score (nSPS) is 15.2. The first-order chi connectivity index (χ1) is 10.7. The molecule has 0 saturated heterocycles. The second-order valence-corrected chi connectivity index (χ2v) is 5.66. The Hall–Kier alpha value is -1.08. The van der Waals surface area contributed by atoms with E-state index in [1.165, 1.54) is 11.1 Å². The van der Waals surface area contributed by atoms with Crippen LogP contribution in [0.25, 0.3) is 5.57 Å².